The van der Waals surface area contributed by atoms with Gasteiger partial charge in [0, 0.05) is 12.1 Å². The molecule has 102 valence electrons. The van der Waals surface area contributed by atoms with Gasteiger partial charge in [-0.25, -0.2) is 0 Å². The molecule has 0 aliphatic heterocycles. The molecule has 0 spiro atoms. The lowest BCUT2D eigenvalue weighted by Crippen LogP contribution is -2.38. The maximum atomic E-state index is 5.83. The van der Waals surface area contributed by atoms with Gasteiger partial charge in [-0.05, 0) is 31.5 Å². The highest BCUT2D eigenvalue weighted by Gasteiger charge is 2.12. The molecule has 3 heteroatoms. The van der Waals surface area contributed by atoms with Crippen molar-refractivity contribution in [3.8, 4) is 11.5 Å². The van der Waals surface area contributed by atoms with Gasteiger partial charge in [-0.15, -0.1) is 0 Å². The van der Waals surface area contributed by atoms with Gasteiger partial charge in [-0.1, -0.05) is 26.8 Å². The summed E-state index contributed by atoms with van der Waals surface area (Å²) >= 11 is 0. The molecule has 1 aromatic carbocycles. The summed E-state index contributed by atoms with van der Waals surface area (Å²) in [6, 6.07) is 8.18. The Balaban J connectivity index is 2.53. The predicted molar refractivity (Wildman–Crippen MR) is 75.4 cm³/mol. The van der Waals surface area contributed by atoms with E-state index in [-0.39, 0.29) is 0 Å². The van der Waals surface area contributed by atoms with Crippen LogP contribution in [0.3, 0.4) is 0 Å². The first-order valence-electron chi connectivity index (χ1n) is 6.76. The van der Waals surface area contributed by atoms with E-state index in [0.717, 1.165) is 18.0 Å². The minimum atomic E-state index is 0.380. The molecule has 0 saturated carbocycles. The Kier molecular flexibility index (Phi) is 6.58. The summed E-state index contributed by atoms with van der Waals surface area (Å²) in [5.74, 6) is 2.28. The van der Waals surface area contributed by atoms with Crippen LogP contribution in [0.1, 0.15) is 27.7 Å². The molecular weight excluding hydrogens is 226 g/mol. The zero-order valence-corrected chi connectivity index (χ0v) is 11.9. The Bertz CT molecular complexity index is 339. The minimum absolute atomic E-state index is 0.380. The largest absolute Gasteiger partial charge is 0.494 e. The van der Waals surface area contributed by atoms with E-state index in [9.17, 15) is 0 Å². The van der Waals surface area contributed by atoms with Crippen LogP contribution in [0, 0.1) is 5.92 Å². The molecule has 1 atom stereocenters. The number of hydrogen-bond donors (Lipinski definition) is 1. The average molecular weight is 251 g/mol. The van der Waals surface area contributed by atoms with Crippen molar-refractivity contribution in [3.05, 3.63) is 24.3 Å². The van der Waals surface area contributed by atoms with Crippen molar-refractivity contribution in [2.75, 3.05) is 19.8 Å². The van der Waals surface area contributed by atoms with E-state index in [4.69, 9.17) is 9.47 Å². The van der Waals surface area contributed by atoms with Gasteiger partial charge in [0.1, 0.15) is 18.1 Å². The van der Waals surface area contributed by atoms with Crippen LogP contribution in [0.4, 0.5) is 0 Å². The second-order valence-corrected chi connectivity index (χ2v) is 4.63. The summed E-state index contributed by atoms with van der Waals surface area (Å²) in [6.45, 7) is 10.8. The Labute approximate surface area is 110 Å². The molecule has 3 nitrogen and oxygen atoms in total. The molecule has 18 heavy (non-hydrogen) atoms. The number of rotatable bonds is 8. The van der Waals surface area contributed by atoms with Crippen molar-refractivity contribution < 1.29 is 9.47 Å². The van der Waals surface area contributed by atoms with Crippen molar-refractivity contribution in [1.82, 2.24) is 5.32 Å². The SMILES string of the molecule is CCNC(COc1cccc(OCC)c1)C(C)C. The number of nitrogens with one attached hydrogen (secondary N) is 1. The van der Waals surface area contributed by atoms with Gasteiger partial charge in [0.25, 0.3) is 0 Å². The quantitative estimate of drug-likeness (QED) is 0.770. The van der Waals surface area contributed by atoms with Crippen molar-refractivity contribution >= 4 is 0 Å². The van der Waals surface area contributed by atoms with Gasteiger partial charge in [0.2, 0.25) is 0 Å². The summed E-state index contributed by atoms with van der Waals surface area (Å²) in [6.07, 6.45) is 0. The summed E-state index contributed by atoms with van der Waals surface area (Å²) < 4.78 is 11.3. The third kappa shape index (κ3) is 4.96. The van der Waals surface area contributed by atoms with E-state index in [1.54, 1.807) is 0 Å². The molecule has 1 unspecified atom stereocenters. The lowest BCUT2D eigenvalue weighted by atomic mass is 10.1. The van der Waals surface area contributed by atoms with Crippen molar-refractivity contribution in [2.45, 2.75) is 33.7 Å². The lowest BCUT2D eigenvalue weighted by molar-refractivity contribution is 0.231. The fourth-order valence-corrected chi connectivity index (χ4v) is 1.76. The molecular formula is C15H25NO2. The second-order valence-electron chi connectivity index (χ2n) is 4.63. The summed E-state index contributed by atoms with van der Waals surface area (Å²) in [4.78, 5) is 0. The first-order valence-corrected chi connectivity index (χ1v) is 6.76. The fraction of sp³-hybridized carbons (Fsp3) is 0.600. The molecule has 0 heterocycles. The van der Waals surface area contributed by atoms with Crippen LogP contribution in [0.5, 0.6) is 11.5 Å². The van der Waals surface area contributed by atoms with E-state index in [1.807, 2.05) is 31.2 Å². The van der Waals surface area contributed by atoms with Crippen LogP contribution in [-0.4, -0.2) is 25.8 Å². The summed E-state index contributed by atoms with van der Waals surface area (Å²) in [5.41, 5.74) is 0. The molecule has 0 fully saturated rings. The van der Waals surface area contributed by atoms with Gasteiger partial charge in [-0.3, -0.25) is 0 Å². The number of hydrogen-bond acceptors (Lipinski definition) is 3. The number of ether oxygens (including phenoxy) is 2. The third-order valence-corrected chi connectivity index (χ3v) is 2.82. The molecule has 0 radical (unpaired) electrons. The van der Waals surface area contributed by atoms with E-state index < -0.39 is 0 Å². The minimum Gasteiger partial charge on any atom is -0.494 e. The molecule has 1 rings (SSSR count). The number of likely N-dealkylation sites (N-methyl/N-ethyl adjacent to an activating group) is 1. The van der Waals surface area contributed by atoms with Gasteiger partial charge < -0.3 is 14.8 Å². The number of benzene rings is 1. The normalized spacial score (nSPS) is 12.5. The monoisotopic (exact) mass is 251 g/mol. The Hall–Kier alpha value is -1.22. The van der Waals surface area contributed by atoms with Crippen molar-refractivity contribution in [3.63, 3.8) is 0 Å². The van der Waals surface area contributed by atoms with Crippen LogP contribution in [0.25, 0.3) is 0 Å². The molecule has 0 bridgehead atoms. The molecule has 1 N–H and O–H groups in total. The van der Waals surface area contributed by atoms with Crippen LogP contribution in [0.15, 0.2) is 24.3 Å². The van der Waals surface area contributed by atoms with E-state index in [0.29, 0.717) is 25.2 Å². The molecule has 0 saturated heterocycles. The van der Waals surface area contributed by atoms with E-state index in [1.165, 1.54) is 0 Å². The Morgan fingerprint density at radius 3 is 2.33 bits per heavy atom. The van der Waals surface area contributed by atoms with Crippen molar-refractivity contribution in [2.24, 2.45) is 5.92 Å². The summed E-state index contributed by atoms with van der Waals surface area (Å²) in [5, 5.41) is 3.44. The van der Waals surface area contributed by atoms with Gasteiger partial charge in [-0.2, -0.15) is 0 Å². The van der Waals surface area contributed by atoms with Gasteiger partial charge in [0.05, 0.1) is 6.61 Å². The van der Waals surface area contributed by atoms with Crippen LogP contribution < -0.4 is 14.8 Å². The molecule has 0 aromatic heterocycles. The highest BCUT2D eigenvalue weighted by molar-refractivity contribution is 5.32. The van der Waals surface area contributed by atoms with Crippen LogP contribution in [0.2, 0.25) is 0 Å². The molecule has 0 amide bonds. The van der Waals surface area contributed by atoms with Crippen molar-refractivity contribution in [1.29, 1.82) is 0 Å². The Morgan fingerprint density at radius 1 is 1.11 bits per heavy atom. The lowest BCUT2D eigenvalue weighted by Gasteiger charge is -2.22. The van der Waals surface area contributed by atoms with Crippen LogP contribution in [-0.2, 0) is 0 Å². The summed E-state index contributed by atoms with van der Waals surface area (Å²) in [7, 11) is 0. The van der Waals surface area contributed by atoms with Gasteiger partial charge >= 0.3 is 0 Å². The zero-order valence-electron chi connectivity index (χ0n) is 11.9. The highest BCUT2D eigenvalue weighted by Crippen LogP contribution is 2.19. The standard InChI is InChI=1S/C15H25NO2/c1-5-16-15(12(3)4)11-18-14-9-7-8-13(10-14)17-6-2/h7-10,12,15-16H,5-6,11H2,1-4H3. The predicted octanol–water partition coefficient (Wildman–Crippen LogP) is 3.10. The maximum Gasteiger partial charge on any atom is 0.123 e. The first kappa shape index (κ1) is 14.8. The highest BCUT2D eigenvalue weighted by atomic mass is 16.5. The fourth-order valence-electron chi connectivity index (χ4n) is 1.76. The second kappa shape index (κ2) is 7.98. The maximum absolute atomic E-state index is 5.83. The smallest absolute Gasteiger partial charge is 0.123 e. The van der Waals surface area contributed by atoms with E-state index in [2.05, 4.69) is 26.1 Å². The average Bonchev–Trinajstić information content (AvgIpc) is 2.35. The van der Waals surface area contributed by atoms with Crippen LogP contribution >= 0.6 is 0 Å². The molecule has 0 aliphatic rings. The third-order valence-electron chi connectivity index (χ3n) is 2.82. The molecule has 1 aromatic rings. The molecule has 0 aliphatic carbocycles. The Morgan fingerprint density at radius 2 is 1.78 bits per heavy atom. The van der Waals surface area contributed by atoms with E-state index >= 15 is 0 Å². The topological polar surface area (TPSA) is 30.5 Å². The van der Waals surface area contributed by atoms with Gasteiger partial charge in [0.15, 0.2) is 0 Å². The first-order chi connectivity index (χ1) is 8.67. The zero-order chi connectivity index (χ0) is 13.4.